The molecular formula is C33H58NO11P. The Morgan fingerprint density at radius 3 is 1.93 bits per heavy atom. The molecular weight excluding hydrogens is 617 g/mol. The van der Waals surface area contributed by atoms with Crippen molar-refractivity contribution in [2.24, 2.45) is 0 Å². The third kappa shape index (κ3) is 30.3. The Morgan fingerprint density at radius 1 is 0.761 bits per heavy atom. The molecule has 0 amide bonds. The number of carboxylic acid groups (broad SMARTS) is 1. The number of esters is 2. The van der Waals surface area contributed by atoms with Crippen LogP contribution in [0.5, 0.6) is 0 Å². The molecule has 0 aromatic carbocycles. The Bertz CT molecular complexity index is 975. The van der Waals surface area contributed by atoms with Crippen LogP contribution >= 0.6 is 7.82 Å². The third-order valence-corrected chi connectivity index (χ3v) is 7.75. The molecule has 2 atom stereocenters. The Balaban J connectivity index is 4.50. The second-order valence-electron chi connectivity index (χ2n) is 12.4. The smallest absolute Gasteiger partial charge is 0.328 e. The van der Waals surface area contributed by atoms with Crippen molar-refractivity contribution in [3.8, 4) is 0 Å². The molecule has 0 aromatic heterocycles. The predicted molar refractivity (Wildman–Crippen MR) is 174 cm³/mol. The van der Waals surface area contributed by atoms with Gasteiger partial charge in [0.25, 0.3) is 7.82 Å². The molecule has 0 radical (unpaired) electrons. The number of phosphoric acid groups is 1. The van der Waals surface area contributed by atoms with Gasteiger partial charge in [-0.05, 0) is 38.2 Å². The number of unbranched alkanes of at least 4 members (excludes halogenated alkanes) is 11. The van der Waals surface area contributed by atoms with Gasteiger partial charge in [-0.2, -0.15) is 0 Å². The molecule has 0 aliphatic rings. The lowest BCUT2D eigenvalue weighted by molar-refractivity contribution is -0.870. The number of allylic oxidation sites excluding steroid dienone is 3. The highest BCUT2D eigenvalue weighted by Crippen LogP contribution is 2.38. The monoisotopic (exact) mass is 675 g/mol. The number of rotatable bonds is 30. The minimum absolute atomic E-state index is 0.119. The van der Waals surface area contributed by atoms with E-state index < -0.39 is 57.3 Å². The maximum Gasteiger partial charge on any atom is 0.328 e. The fraction of sp³-hybridized carbons (Fsp3) is 0.758. The normalized spacial score (nSPS) is 13.9. The molecule has 0 aromatic rings. The van der Waals surface area contributed by atoms with Crippen LogP contribution in [0, 0.1) is 0 Å². The van der Waals surface area contributed by atoms with Gasteiger partial charge in [0.05, 0.1) is 34.2 Å². The lowest BCUT2D eigenvalue weighted by Gasteiger charge is -2.28. The maximum atomic E-state index is 12.3. The van der Waals surface area contributed by atoms with E-state index in [1.165, 1.54) is 38.5 Å². The van der Waals surface area contributed by atoms with Crippen molar-refractivity contribution in [3.63, 3.8) is 0 Å². The first-order valence-electron chi connectivity index (χ1n) is 16.6. The van der Waals surface area contributed by atoms with Crippen molar-refractivity contribution in [2.75, 3.05) is 47.5 Å². The molecule has 0 saturated heterocycles. The maximum absolute atomic E-state index is 12.3. The summed E-state index contributed by atoms with van der Waals surface area (Å²) in [7, 11) is 0.858. The second kappa shape index (κ2) is 26.7. The number of carboxylic acids is 1. The topological polar surface area (TPSA) is 166 Å². The molecule has 0 heterocycles. The molecule has 0 aliphatic carbocycles. The summed E-state index contributed by atoms with van der Waals surface area (Å²) in [6.45, 7) is 1.41. The Morgan fingerprint density at radius 2 is 1.35 bits per heavy atom. The van der Waals surface area contributed by atoms with Crippen molar-refractivity contribution in [1.82, 2.24) is 0 Å². The number of hydrogen-bond donors (Lipinski definition) is 1. The number of carbonyl (C=O) groups is 4. The van der Waals surface area contributed by atoms with Crippen LogP contribution in [0.25, 0.3) is 0 Å². The van der Waals surface area contributed by atoms with E-state index in [1.807, 2.05) is 21.1 Å². The summed E-state index contributed by atoms with van der Waals surface area (Å²) in [5.41, 5.74) is 0. The number of phosphoric ester groups is 1. The van der Waals surface area contributed by atoms with E-state index in [4.69, 9.17) is 23.6 Å². The number of likely N-dealkylation sites (N-methyl/N-ethyl adjacent to an activating group) is 1. The summed E-state index contributed by atoms with van der Waals surface area (Å²) in [6.07, 6.45) is 18.9. The van der Waals surface area contributed by atoms with Crippen molar-refractivity contribution in [1.29, 1.82) is 0 Å². The van der Waals surface area contributed by atoms with E-state index in [0.29, 0.717) is 23.5 Å². The van der Waals surface area contributed by atoms with Gasteiger partial charge in [0.1, 0.15) is 19.8 Å². The van der Waals surface area contributed by atoms with Gasteiger partial charge in [0.15, 0.2) is 11.9 Å². The zero-order valence-electron chi connectivity index (χ0n) is 28.5. The predicted octanol–water partition coefficient (Wildman–Crippen LogP) is 5.68. The molecule has 0 fully saturated rings. The number of ether oxygens (including phenoxy) is 2. The van der Waals surface area contributed by atoms with Crippen LogP contribution in [0.4, 0.5) is 0 Å². The standard InChI is InChI=1S/C33H58NO11P/c1-5-6-7-8-9-10-11-12-13-14-15-16-17-18-19-20-32(38)42-27-30(28-44-46(40,41)43-26-25-34(2,3)4)45-33(39)24-22-29(35)21-23-31(36)37/h12-13,21,23,30H,5-11,14-20,22,24-28H2,1-4H3,(H-,36,37,40,41)/b13-12-,23-21+/t30-/m1/s1. The minimum Gasteiger partial charge on any atom is -0.756 e. The number of ketones is 1. The lowest BCUT2D eigenvalue weighted by Crippen LogP contribution is -2.37. The zero-order chi connectivity index (χ0) is 34.7. The largest absolute Gasteiger partial charge is 0.756 e. The van der Waals surface area contributed by atoms with E-state index in [-0.39, 0.29) is 19.4 Å². The molecule has 0 bridgehead atoms. The fourth-order valence-corrected chi connectivity index (χ4v) is 4.80. The van der Waals surface area contributed by atoms with Gasteiger partial charge >= 0.3 is 17.9 Å². The summed E-state index contributed by atoms with van der Waals surface area (Å²) in [6, 6.07) is 0. The summed E-state index contributed by atoms with van der Waals surface area (Å²) in [4.78, 5) is 59.0. The van der Waals surface area contributed by atoms with E-state index in [1.54, 1.807) is 0 Å². The number of nitrogens with zero attached hydrogens (tertiary/aromatic N) is 1. The van der Waals surface area contributed by atoms with Crippen LogP contribution in [0.1, 0.15) is 110 Å². The van der Waals surface area contributed by atoms with Crippen LogP contribution in [0.3, 0.4) is 0 Å². The summed E-state index contributed by atoms with van der Waals surface area (Å²) in [5.74, 6) is -3.29. The highest BCUT2D eigenvalue weighted by Gasteiger charge is 2.22. The molecule has 0 spiro atoms. The van der Waals surface area contributed by atoms with E-state index in [2.05, 4.69) is 19.1 Å². The van der Waals surface area contributed by atoms with E-state index in [0.717, 1.165) is 44.6 Å². The first-order valence-corrected chi connectivity index (χ1v) is 18.0. The first kappa shape index (κ1) is 43.6. The Labute approximate surface area is 275 Å². The summed E-state index contributed by atoms with van der Waals surface area (Å²) < 4.78 is 32.8. The Hall–Kier alpha value is -2.37. The number of hydrogen-bond acceptors (Lipinski definition) is 10. The quantitative estimate of drug-likeness (QED) is 0.0249. The fourth-order valence-electron chi connectivity index (χ4n) is 4.07. The van der Waals surface area contributed by atoms with Gasteiger partial charge in [0.2, 0.25) is 0 Å². The van der Waals surface area contributed by atoms with Crippen LogP contribution in [0.15, 0.2) is 24.3 Å². The molecule has 46 heavy (non-hydrogen) atoms. The highest BCUT2D eigenvalue weighted by molar-refractivity contribution is 7.45. The van der Waals surface area contributed by atoms with Crippen LogP contribution in [-0.2, 0) is 42.3 Å². The first-order chi connectivity index (χ1) is 21.7. The number of quaternary nitrogens is 1. The lowest BCUT2D eigenvalue weighted by atomic mass is 10.1. The number of aliphatic carboxylic acids is 1. The summed E-state index contributed by atoms with van der Waals surface area (Å²) >= 11 is 0. The van der Waals surface area contributed by atoms with Crippen molar-refractivity contribution < 1.29 is 56.7 Å². The Kier molecular flexibility index (Phi) is 25.3. The van der Waals surface area contributed by atoms with E-state index >= 15 is 0 Å². The van der Waals surface area contributed by atoms with Gasteiger partial charge in [0, 0.05) is 18.9 Å². The second-order valence-corrected chi connectivity index (χ2v) is 13.8. The molecule has 0 aliphatic heterocycles. The average molecular weight is 676 g/mol. The van der Waals surface area contributed by atoms with Gasteiger partial charge in [-0.25, -0.2) is 4.79 Å². The molecule has 0 saturated carbocycles. The van der Waals surface area contributed by atoms with Crippen LogP contribution in [0.2, 0.25) is 0 Å². The van der Waals surface area contributed by atoms with Gasteiger partial charge in [-0.3, -0.25) is 18.9 Å². The summed E-state index contributed by atoms with van der Waals surface area (Å²) in [5, 5.41) is 8.60. The van der Waals surface area contributed by atoms with Crippen LogP contribution < -0.4 is 4.89 Å². The average Bonchev–Trinajstić information content (AvgIpc) is 2.97. The van der Waals surface area contributed by atoms with Crippen molar-refractivity contribution in [3.05, 3.63) is 24.3 Å². The SMILES string of the molecule is CCCCCCCC/C=C\CCCCCCCC(=O)OC[C@H](COP(=O)([O-])OCC[N+](C)(C)C)OC(=O)CCC(=O)/C=C/C(=O)O. The van der Waals surface area contributed by atoms with Gasteiger partial charge < -0.3 is 33.0 Å². The molecule has 13 heteroatoms. The van der Waals surface area contributed by atoms with Gasteiger partial charge in [-0.15, -0.1) is 0 Å². The number of carbonyl (C=O) groups excluding carboxylic acids is 3. The van der Waals surface area contributed by atoms with Crippen LogP contribution in [-0.4, -0.2) is 86.9 Å². The third-order valence-electron chi connectivity index (χ3n) is 6.79. The molecule has 1 N–H and O–H groups in total. The van der Waals surface area contributed by atoms with Gasteiger partial charge in [-0.1, -0.05) is 70.4 Å². The molecule has 0 rings (SSSR count). The van der Waals surface area contributed by atoms with E-state index in [9.17, 15) is 28.6 Å². The van der Waals surface area contributed by atoms with Crippen molar-refractivity contribution >= 4 is 31.5 Å². The minimum atomic E-state index is -4.73. The molecule has 1 unspecified atom stereocenters. The molecule has 12 nitrogen and oxygen atoms in total. The molecule has 266 valence electrons. The highest BCUT2D eigenvalue weighted by atomic mass is 31.2. The zero-order valence-corrected chi connectivity index (χ0v) is 29.3. The van der Waals surface area contributed by atoms with Crippen molar-refractivity contribution in [2.45, 2.75) is 116 Å².